The van der Waals surface area contributed by atoms with E-state index < -0.39 is 0 Å². The van der Waals surface area contributed by atoms with Gasteiger partial charge in [0.2, 0.25) is 0 Å². The molecule has 0 bridgehead atoms. The van der Waals surface area contributed by atoms with Crippen LogP contribution in [-0.2, 0) is 12.8 Å². The van der Waals surface area contributed by atoms with Crippen LogP contribution < -0.4 is 5.73 Å². The number of carbonyl (C=O) groups excluding carboxylic acids is 2. The summed E-state index contributed by atoms with van der Waals surface area (Å²) in [5, 5.41) is 0. The number of ketones is 2. The summed E-state index contributed by atoms with van der Waals surface area (Å²) >= 11 is 0. The van der Waals surface area contributed by atoms with E-state index in [9.17, 15) is 9.59 Å². The number of aromatic nitrogens is 1. The quantitative estimate of drug-likeness (QED) is 0.736. The van der Waals surface area contributed by atoms with E-state index in [0.717, 1.165) is 37.1 Å². The fourth-order valence-corrected chi connectivity index (χ4v) is 2.78. The monoisotopic (exact) mass is 230 g/mol. The largest absolute Gasteiger partial charge is 0.397 e. The van der Waals surface area contributed by atoms with Crippen LogP contribution in [0.4, 0.5) is 5.69 Å². The van der Waals surface area contributed by atoms with Crippen LogP contribution in [0.1, 0.15) is 57.8 Å². The van der Waals surface area contributed by atoms with Gasteiger partial charge in [-0.05, 0) is 25.7 Å². The Bertz CT molecular complexity index is 490. The van der Waals surface area contributed by atoms with Crippen LogP contribution in [0.15, 0.2) is 0 Å². The molecule has 0 saturated heterocycles. The molecular weight excluding hydrogens is 216 g/mol. The Morgan fingerprint density at radius 1 is 0.824 bits per heavy atom. The number of nitrogen functional groups attached to an aromatic ring is 1. The minimum atomic E-state index is 0.0393. The molecule has 0 spiro atoms. The summed E-state index contributed by atoms with van der Waals surface area (Å²) in [5.74, 6) is 0.0786. The fraction of sp³-hybridized carbons (Fsp3) is 0.462. The normalized spacial score (nSPS) is 18.8. The lowest BCUT2D eigenvalue weighted by Gasteiger charge is -2.22. The van der Waals surface area contributed by atoms with E-state index in [2.05, 4.69) is 4.98 Å². The molecule has 1 aromatic heterocycles. The Balaban J connectivity index is 2.27. The molecule has 0 aromatic carbocycles. The Hall–Kier alpha value is -1.71. The van der Waals surface area contributed by atoms with Gasteiger partial charge in [0.05, 0.1) is 28.2 Å². The molecule has 3 rings (SSSR count). The number of nitrogens with two attached hydrogens (primary N) is 1. The first-order chi connectivity index (χ1) is 8.18. The topological polar surface area (TPSA) is 73.0 Å². The SMILES string of the molecule is Nc1c2c(nc3c1C(=O)CCC3)CCCC2=O. The van der Waals surface area contributed by atoms with Crippen LogP contribution >= 0.6 is 0 Å². The van der Waals surface area contributed by atoms with E-state index in [-0.39, 0.29) is 11.6 Å². The van der Waals surface area contributed by atoms with E-state index in [0.29, 0.717) is 29.7 Å². The van der Waals surface area contributed by atoms with Gasteiger partial charge in [0.1, 0.15) is 0 Å². The second kappa shape index (κ2) is 3.65. The molecule has 4 heteroatoms. The lowest BCUT2D eigenvalue weighted by molar-refractivity contribution is 0.0972. The summed E-state index contributed by atoms with van der Waals surface area (Å²) in [6.07, 6.45) is 4.31. The maximum atomic E-state index is 11.9. The van der Waals surface area contributed by atoms with Crippen LogP contribution in [-0.4, -0.2) is 16.6 Å². The summed E-state index contributed by atoms with van der Waals surface area (Å²) in [7, 11) is 0. The first kappa shape index (κ1) is 10.4. The molecule has 17 heavy (non-hydrogen) atoms. The predicted molar refractivity (Wildman–Crippen MR) is 63.2 cm³/mol. The third-order valence-electron chi connectivity index (χ3n) is 3.58. The number of hydrogen-bond acceptors (Lipinski definition) is 4. The number of fused-ring (bicyclic) bond motifs is 2. The van der Waals surface area contributed by atoms with Crippen LogP contribution in [0.5, 0.6) is 0 Å². The van der Waals surface area contributed by atoms with Crippen molar-refractivity contribution in [2.75, 3.05) is 5.73 Å². The van der Waals surface area contributed by atoms with Crippen molar-refractivity contribution < 1.29 is 9.59 Å². The number of nitrogens with zero attached hydrogens (tertiary/aromatic N) is 1. The summed E-state index contributed by atoms with van der Waals surface area (Å²) in [4.78, 5) is 28.2. The second-order valence-electron chi connectivity index (χ2n) is 4.72. The van der Waals surface area contributed by atoms with Gasteiger partial charge in [0.25, 0.3) is 0 Å². The second-order valence-corrected chi connectivity index (χ2v) is 4.72. The first-order valence-electron chi connectivity index (χ1n) is 6.06. The van der Waals surface area contributed by atoms with Crippen molar-refractivity contribution in [3.63, 3.8) is 0 Å². The van der Waals surface area contributed by atoms with Gasteiger partial charge in [-0.2, -0.15) is 0 Å². The molecule has 0 radical (unpaired) electrons. The molecule has 0 unspecified atom stereocenters. The Kier molecular flexibility index (Phi) is 2.24. The molecule has 0 amide bonds. The number of rotatable bonds is 0. The minimum absolute atomic E-state index is 0.0393. The summed E-state index contributed by atoms with van der Waals surface area (Å²) in [5.41, 5.74) is 9.05. The van der Waals surface area contributed by atoms with Crippen molar-refractivity contribution in [1.82, 2.24) is 4.98 Å². The molecular formula is C13H14N2O2. The number of carbonyl (C=O) groups is 2. The molecule has 0 fully saturated rings. The van der Waals surface area contributed by atoms with Gasteiger partial charge in [-0.3, -0.25) is 14.6 Å². The van der Waals surface area contributed by atoms with Crippen LogP contribution in [0, 0.1) is 0 Å². The van der Waals surface area contributed by atoms with Gasteiger partial charge in [-0.15, -0.1) is 0 Å². The van der Waals surface area contributed by atoms with E-state index in [1.54, 1.807) is 0 Å². The summed E-state index contributed by atoms with van der Waals surface area (Å²) in [6.45, 7) is 0. The zero-order valence-electron chi connectivity index (χ0n) is 9.58. The smallest absolute Gasteiger partial charge is 0.166 e. The van der Waals surface area contributed by atoms with Gasteiger partial charge in [0, 0.05) is 12.8 Å². The Labute approximate surface area is 99.2 Å². The van der Waals surface area contributed by atoms with Gasteiger partial charge < -0.3 is 5.73 Å². The Morgan fingerprint density at radius 2 is 1.29 bits per heavy atom. The fourth-order valence-electron chi connectivity index (χ4n) is 2.78. The Morgan fingerprint density at radius 3 is 1.76 bits per heavy atom. The maximum absolute atomic E-state index is 11.9. The highest BCUT2D eigenvalue weighted by atomic mass is 16.1. The lowest BCUT2D eigenvalue weighted by atomic mass is 9.86. The maximum Gasteiger partial charge on any atom is 0.166 e. The zero-order chi connectivity index (χ0) is 12.0. The van der Waals surface area contributed by atoms with E-state index >= 15 is 0 Å². The van der Waals surface area contributed by atoms with Gasteiger partial charge in [-0.1, -0.05) is 0 Å². The first-order valence-corrected chi connectivity index (χ1v) is 6.06. The molecule has 1 heterocycles. The number of anilines is 1. The highest BCUT2D eigenvalue weighted by molar-refractivity contribution is 6.10. The van der Waals surface area contributed by atoms with Gasteiger partial charge >= 0.3 is 0 Å². The van der Waals surface area contributed by atoms with Crippen molar-refractivity contribution in [2.24, 2.45) is 0 Å². The average molecular weight is 230 g/mol. The van der Waals surface area contributed by atoms with Crippen molar-refractivity contribution >= 4 is 17.3 Å². The van der Waals surface area contributed by atoms with Gasteiger partial charge in [-0.25, -0.2) is 0 Å². The van der Waals surface area contributed by atoms with Gasteiger partial charge in [0.15, 0.2) is 11.6 Å². The van der Waals surface area contributed by atoms with Crippen LogP contribution in [0.25, 0.3) is 0 Å². The summed E-state index contributed by atoms with van der Waals surface area (Å²) in [6, 6.07) is 0. The highest BCUT2D eigenvalue weighted by Crippen LogP contribution is 2.32. The molecule has 2 aliphatic carbocycles. The van der Waals surface area contributed by atoms with E-state index in [4.69, 9.17) is 5.73 Å². The van der Waals surface area contributed by atoms with E-state index in [1.807, 2.05) is 0 Å². The molecule has 1 aromatic rings. The lowest BCUT2D eigenvalue weighted by Crippen LogP contribution is -2.23. The molecule has 0 atom stereocenters. The molecule has 2 N–H and O–H groups in total. The average Bonchev–Trinajstić information content (AvgIpc) is 2.28. The molecule has 4 nitrogen and oxygen atoms in total. The summed E-state index contributed by atoms with van der Waals surface area (Å²) < 4.78 is 0. The van der Waals surface area contributed by atoms with Crippen LogP contribution in [0.2, 0.25) is 0 Å². The predicted octanol–water partition coefficient (Wildman–Crippen LogP) is 1.70. The molecule has 0 saturated carbocycles. The van der Waals surface area contributed by atoms with Crippen molar-refractivity contribution in [1.29, 1.82) is 0 Å². The number of Topliss-reactive ketones (excluding diaryl/α,β-unsaturated/α-hetero) is 2. The van der Waals surface area contributed by atoms with Crippen molar-refractivity contribution in [3.05, 3.63) is 22.5 Å². The third kappa shape index (κ3) is 1.47. The molecule has 88 valence electrons. The van der Waals surface area contributed by atoms with E-state index in [1.165, 1.54) is 0 Å². The van der Waals surface area contributed by atoms with Crippen molar-refractivity contribution in [2.45, 2.75) is 38.5 Å². The number of aryl methyl sites for hydroxylation is 2. The molecule has 2 aliphatic rings. The molecule has 0 aliphatic heterocycles. The standard InChI is InChI=1S/C13H14N2O2/c14-13-11-7(3-1-5-9(11)16)15-8-4-2-6-10(17)12(8)13/h1-6H2,(H2,14,15). The number of pyridine rings is 1. The third-order valence-corrected chi connectivity index (χ3v) is 3.58. The zero-order valence-corrected chi connectivity index (χ0v) is 9.58. The van der Waals surface area contributed by atoms with Crippen molar-refractivity contribution in [3.8, 4) is 0 Å². The number of hydrogen-bond donors (Lipinski definition) is 1. The highest BCUT2D eigenvalue weighted by Gasteiger charge is 2.29. The minimum Gasteiger partial charge on any atom is -0.397 e. The van der Waals surface area contributed by atoms with Crippen LogP contribution in [0.3, 0.4) is 0 Å².